The average molecular weight is 434 g/mol. The lowest BCUT2D eigenvalue weighted by Crippen LogP contribution is -2.31. The van der Waals surface area contributed by atoms with Gasteiger partial charge in [-0.25, -0.2) is 4.98 Å². The van der Waals surface area contributed by atoms with E-state index < -0.39 is 31.4 Å². The third kappa shape index (κ3) is 4.31. The van der Waals surface area contributed by atoms with Crippen molar-refractivity contribution in [1.82, 2.24) is 4.98 Å². The Hall–Kier alpha value is -2.11. The largest absolute Gasteiger partial charge is 0.417 e. The van der Waals surface area contributed by atoms with Crippen molar-refractivity contribution in [3.05, 3.63) is 83.0 Å². The molecule has 28 heavy (non-hydrogen) atoms. The Morgan fingerprint density at radius 2 is 1.11 bits per heavy atom. The lowest BCUT2D eigenvalue weighted by molar-refractivity contribution is -0.137. The van der Waals surface area contributed by atoms with Gasteiger partial charge in [-0.1, -0.05) is 54.1 Å². The van der Waals surface area contributed by atoms with E-state index >= 15 is 0 Å². The summed E-state index contributed by atoms with van der Waals surface area (Å²) in [5.74, 6) is 0. The first-order chi connectivity index (χ1) is 13.1. The number of hydrogen-bond donors (Lipinski definition) is 0. The molecule has 0 unspecified atom stereocenters. The van der Waals surface area contributed by atoms with E-state index in [1.165, 1.54) is 54.6 Å². The molecule has 0 bridgehead atoms. The Kier molecular flexibility index (Phi) is 5.69. The van der Waals surface area contributed by atoms with E-state index in [4.69, 9.17) is 11.6 Å². The zero-order chi connectivity index (χ0) is 20.5. The molecule has 3 rings (SSSR count). The van der Waals surface area contributed by atoms with Crippen LogP contribution in [-0.2, 0) is 12.4 Å². The van der Waals surface area contributed by atoms with Crippen molar-refractivity contribution in [3.63, 3.8) is 0 Å². The van der Waals surface area contributed by atoms with Gasteiger partial charge in [-0.05, 0) is 34.9 Å². The summed E-state index contributed by atoms with van der Waals surface area (Å²) in [6.45, 7) is 0. The highest BCUT2D eigenvalue weighted by atomic mass is 35.5. The number of benzene rings is 2. The Bertz CT molecular complexity index is 929. The standard InChI is InChI=1S/C19H11ClF6NP/c20-16-10-5-11-17(27-16)28(14-8-3-1-6-12(14)18(21,22)23)15-9-4-2-7-13(15)19(24,25)26/h1-11H. The van der Waals surface area contributed by atoms with Gasteiger partial charge in [0, 0.05) is 7.92 Å². The minimum atomic E-state index is -4.73. The monoisotopic (exact) mass is 433 g/mol. The van der Waals surface area contributed by atoms with Crippen LogP contribution < -0.4 is 16.0 Å². The first-order valence-corrected chi connectivity index (χ1v) is 9.56. The highest BCUT2D eigenvalue weighted by Crippen LogP contribution is 2.42. The molecule has 9 heteroatoms. The SMILES string of the molecule is FC(F)(F)c1ccccc1P(c1cccc(Cl)n1)c1ccccc1C(F)(F)F. The maximum absolute atomic E-state index is 13.6. The van der Waals surface area contributed by atoms with Crippen LogP contribution >= 0.6 is 19.5 Å². The molecule has 0 aliphatic heterocycles. The predicted molar refractivity (Wildman–Crippen MR) is 98.0 cm³/mol. The first-order valence-electron chi connectivity index (χ1n) is 7.84. The summed E-state index contributed by atoms with van der Waals surface area (Å²) in [5, 5.41) is -0.549. The van der Waals surface area contributed by atoms with Gasteiger partial charge >= 0.3 is 12.4 Å². The highest BCUT2D eigenvalue weighted by Gasteiger charge is 2.40. The second kappa shape index (κ2) is 7.72. The van der Waals surface area contributed by atoms with Gasteiger partial charge in [0.15, 0.2) is 0 Å². The van der Waals surface area contributed by atoms with Crippen molar-refractivity contribution in [2.24, 2.45) is 0 Å². The number of alkyl halides is 6. The number of nitrogens with zero attached hydrogens (tertiary/aromatic N) is 1. The van der Waals surface area contributed by atoms with E-state index in [1.54, 1.807) is 0 Å². The fraction of sp³-hybridized carbons (Fsp3) is 0.105. The molecule has 0 spiro atoms. The summed E-state index contributed by atoms with van der Waals surface area (Å²) >= 11 is 5.88. The number of aromatic nitrogens is 1. The zero-order valence-electron chi connectivity index (χ0n) is 13.9. The maximum Gasteiger partial charge on any atom is 0.417 e. The molecule has 0 atom stereocenters. The van der Waals surface area contributed by atoms with Crippen molar-refractivity contribution in [3.8, 4) is 0 Å². The lowest BCUT2D eigenvalue weighted by atomic mass is 10.2. The lowest BCUT2D eigenvalue weighted by Gasteiger charge is -2.25. The van der Waals surface area contributed by atoms with Crippen LogP contribution in [-0.4, -0.2) is 4.98 Å². The number of rotatable bonds is 3. The topological polar surface area (TPSA) is 12.9 Å². The molecule has 0 amide bonds. The molecule has 2 aromatic carbocycles. The summed E-state index contributed by atoms with van der Waals surface area (Å²) in [7, 11) is -2.27. The van der Waals surface area contributed by atoms with E-state index in [0.29, 0.717) is 0 Å². The molecular weight excluding hydrogens is 423 g/mol. The third-order valence-corrected chi connectivity index (χ3v) is 6.49. The van der Waals surface area contributed by atoms with Gasteiger partial charge in [0.1, 0.15) is 5.15 Å². The van der Waals surface area contributed by atoms with Crippen molar-refractivity contribution in [2.45, 2.75) is 12.4 Å². The van der Waals surface area contributed by atoms with Crippen molar-refractivity contribution >= 4 is 35.6 Å². The average Bonchev–Trinajstić information content (AvgIpc) is 2.61. The van der Waals surface area contributed by atoms with Crippen molar-refractivity contribution < 1.29 is 26.3 Å². The normalized spacial score (nSPS) is 12.4. The van der Waals surface area contributed by atoms with E-state index in [-0.39, 0.29) is 21.2 Å². The van der Waals surface area contributed by atoms with Crippen molar-refractivity contribution in [2.75, 3.05) is 0 Å². The second-order valence-corrected chi connectivity index (χ2v) is 8.16. The molecule has 1 aromatic heterocycles. The van der Waals surface area contributed by atoms with Gasteiger partial charge in [0.25, 0.3) is 0 Å². The first kappa shape index (κ1) is 20.6. The Morgan fingerprint density at radius 3 is 1.54 bits per heavy atom. The minimum absolute atomic E-state index is 0.0148. The molecule has 0 fully saturated rings. The molecule has 1 heterocycles. The second-order valence-electron chi connectivity index (χ2n) is 5.68. The van der Waals surface area contributed by atoms with E-state index in [0.717, 1.165) is 12.1 Å². The molecule has 146 valence electrons. The van der Waals surface area contributed by atoms with Gasteiger partial charge in [-0.15, -0.1) is 0 Å². The summed E-state index contributed by atoms with van der Waals surface area (Å²) in [6.07, 6.45) is -9.47. The number of halogens is 7. The smallest absolute Gasteiger partial charge is 0.236 e. The van der Waals surface area contributed by atoms with Crippen LogP contribution in [0.25, 0.3) is 0 Å². The molecule has 0 saturated heterocycles. The molecule has 0 N–H and O–H groups in total. The quantitative estimate of drug-likeness (QED) is 0.301. The predicted octanol–water partition coefficient (Wildman–Crippen LogP) is 5.53. The van der Waals surface area contributed by atoms with Gasteiger partial charge in [0.05, 0.1) is 16.6 Å². The zero-order valence-corrected chi connectivity index (χ0v) is 15.5. The Balaban J connectivity index is 2.35. The van der Waals surface area contributed by atoms with Crippen LogP contribution in [0.4, 0.5) is 26.3 Å². The fourth-order valence-electron chi connectivity index (χ4n) is 2.72. The van der Waals surface area contributed by atoms with Crippen LogP contribution in [0.15, 0.2) is 66.7 Å². The van der Waals surface area contributed by atoms with Gasteiger partial charge < -0.3 is 0 Å². The number of hydrogen-bond acceptors (Lipinski definition) is 1. The van der Waals surface area contributed by atoms with Crippen LogP contribution in [0.2, 0.25) is 5.15 Å². The van der Waals surface area contributed by atoms with E-state index in [1.807, 2.05) is 0 Å². The molecule has 0 saturated carbocycles. The van der Waals surface area contributed by atoms with Crippen molar-refractivity contribution in [1.29, 1.82) is 0 Å². The molecule has 0 radical (unpaired) electrons. The maximum atomic E-state index is 13.6. The van der Waals surface area contributed by atoms with Crippen LogP contribution in [0.1, 0.15) is 11.1 Å². The third-order valence-electron chi connectivity index (χ3n) is 3.83. The molecule has 1 nitrogen and oxygen atoms in total. The molecule has 0 aliphatic rings. The Morgan fingerprint density at radius 1 is 0.643 bits per heavy atom. The van der Waals surface area contributed by atoms with E-state index in [9.17, 15) is 26.3 Å². The van der Waals surface area contributed by atoms with Gasteiger partial charge in [-0.3, -0.25) is 0 Å². The molecular formula is C19H11ClF6NP. The summed E-state index contributed by atoms with van der Waals surface area (Å²) in [6, 6.07) is 13.4. The molecule has 3 aromatic rings. The van der Waals surface area contributed by atoms with Gasteiger partial charge in [-0.2, -0.15) is 26.3 Å². The van der Waals surface area contributed by atoms with Gasteiger partial charge in [0.2, 0.25) is 0 Å². The van der Waals surface area contributed by atoms with E-state index in [2.05, 4.69) is 4.98 Å². The fourth-order valence-corrected chi connectivity index (χ4v) is 5.49. The summed E-state index contributed by atoms with van der Waals surface area (Å²) in [5.41, 5.74) is -1.95. The summed E-state index contributed by atoms with van der Waals surface area (Å²) in [4.78, 5) is 4.03. The summed E-state index contributed by atoms with van der Waals surface area (Å²) < 4.78 is 81.6. The number of pyridine rings is 1. The van der Waals surface area contributed by atoms with Crippen LogP contribution in [0.3, 0.4) is 0 Å². The minimum Gasteiger partial charge on any atom is -0.236 e. The van der Waals surface area contributed by atoms with Crippen LogP contribution in [0.5, 0.6) is 0 Å². The Labute approximate surface area is 162 Å². The van der Waals surface area contributed by atoms with Crippen LogP contribution in [0, 0.1) is 0 Å². The highest BCUT2D eigenvalue weighted by molar-refractivity contribution is 7.79. The molecule has 0 aliphatic carbocycles.